The Hall–Kier alpha value is -2.02. The Morgan fingerprint density at radius 2 is 1.77 bits per heavy atom. The van der Waals surface area contributed by atoms with E-state index in [-0.39, 0.29) is 10.3 Å². The highest BCUT2D eigenvalue weighted by atomic mass is 32.2. The molecule has 2 aromatic rings. The molecule has 120 valence electrons. The van der Waals surface area contributed by atoms with Gasteiger partial charge >= 0.3 is 0 Å². The highest BCUT2D eigenvalue weighted by Crippen LogP contribution is 2.25. The molecule has 0 saturated carbocycles. The van der Waals surface area contributed by atoms with Crippen molar-refractivity contribution in [1.82, 2.24) is 9.78 Å². The Labute approximate surface area is 131 Å². The summed E-state index contributed by atoms with van der Waals surface area (Å²) < 4.78 is 34.0. The van der Waals surface area contributed by atoms with E-state index < -0.39 is 10.0 Å². The monoisotopic (exact) mass is 323 g/mol. The molecule has 0 unspecified atom stereocenters. The molecule has 0 saturated heterocycles. The van der Waals surface area contributed by atoms with Crippen LogP contribution >= 0.6 is 0 Å². The fourth-order valence-electron chi connectivity index (χ4n) is 1.88. The lowest BCUT2D eigenvalue weighted by atomic mass is 9.92. The minimum Gasteiger partial charge on any atom is -0.497 e. The topological polar surface area (TPSA) is 73.2 Å². The standard InChI is InChI=1S/C15H21N3O3S/c1-15(2,3)13-10-14(18(4)16-13)17-22(19,20)12-8-6-11(21-5)7-9-12/h6-10,17H,1-5H3. The van der Waals surface area contributed by atoms with Gasteiger partial charge in [-0.15, -0.1) is 0 Å². The van der Waals surface area contributed by atoms with E-state index in [2.05, 4.69) is 9.82 Å². The van der Waals surface area contributed by atoms with Gasteiger partial charge < -0.3 is 4.74 Å². The number of nitrogens with zero attached hydrogens (tertiary/aromatic N) is 2. The molecule has 0 aliphatic carbocycles. The van der Waals surface area contributed by atoms with Crippen molar-refractivity contribution in [3.63, 3.8) is 0 Å². The van der Waals surface area contributed by atoms with Gasteiger partial charge in [-0.05, 0) is 24.3 Å². The maximum atomic E-state index is 12.4. The van der Waals surface area contributed by atoms with Crippen molar-refractivity contribution in [1.29, 1.82) is 0 Å². The Bertz CT molecular complexity index is 756. The zero-order valence-corrected chi connectivity index (χ0v) is 14.2. The number of methoxy groups -OCH3 is 1. The van der Waals surface area contributed by atoms with Crippen LogP contribution in [0.1, 0.15) is 26.5 Å². The minimum absolute atomic E-state index is 0.151. The first-order chi connectivity index (χ1) is 10.1. The van der Waals surface area contributed by atoms with Gasteiger partial charge in [0.05, 0.1) is 17.7 Å². The summed E-state index contributed by atoms with van der Waals surface area (Å²) in [6.45, 7) is 6.07. The van der Waals surface area contributed by atoms with Crippen LogP contribution in [-0.2, 0) is 22.5 Å². The van der Waals surface area contributed by atoms with E-state index in [1.807, 2.05) is 20.8 Å². The van der Waals surface area contributed by atoms with Crippen LogP contribution in [0.3, 0.4) is 0 Å². The highest BCUT2D eigenvalue weighted by molar-refractivity contribution is 7.92. The quantitative estimate of drug-likeness (QED) is 0.938. The lowest BCUT2D eigenvalue weighted by molar-refractivity contribution is 0.414. The molecule has 0 bridgehead atoms. The molecular weight excluding hydrogens is 302 g/mol. The average Bonchev–Trinajstić information content (AvgIpc) is 2.80. The van der Waals surface area contributed by atoms with Gasteiger partial charge in [0.2, 0.25) is 0 Å². The minimum atomic E-state index is -3.66. The van der Waals surface area contributed by atoms with Crippen molar-refractivity contribution < 1.29 is 13.2 Å². The molecule has 0 aliphatic rings. The van der Waals surface area contributed by atoms with E-state index in [1.54, 1.807) is 25.2 Å². The number of hydrogen-bond acceptors (Lipinski definition) is 4. The van der Waals surface area contributed by atoms with Crippen LogP contribution in [0.5, 0.6) is 5.75 Å². The van der Waals surface area contributed by atoms with Crippen molar-refractivity contribution in [2.24, 2.45) is 7.05 Å². The maximum absolute atomic E-state index is 12.4. The zero-order chi connectivity index (χ0) is 16.5. The smallest absolute Gasteiger partial charge is 0.263 e. The fourth-order valence-corrected chi connectivity index (χ4v) is 2.96. The summed E-state index contributed by atoms with van der Waals surface area (Å²) in [5, 5.41) is 4.36. The number of ether oxygens (including phenoxy) is 1. The molecule has 7 heteroatoms. The largest absolute Gasteiger partial charge is 0.497 e. The summed E-state index contributed by atoms with van der Waals surface area (Å²) in [5.41, 5.74) is 0.670. The predicted octanol–water partition coefficient (Wildman–Crippen LogP) is 2.53. The fraction of sp³-hybridized carbons (Fsp3) is 0.400. The summed E-state index contributed by atoms with van der Waals surface area (Å²) >= 11 is 0. The predicted molar refractivity (Wildman–Crippen MR) is 85.7 cm³/mol. The second-order valence-corrected chi connectivity index (χ2v) is 7.75. The van der Waals surface area contributed by atoms with E-state index in [4.69, 9.17) is 4.74 Å². The number of hydrogen-bond donors (Lipinski definition) is 1. The molecule has 2 rings (SSSR count). The van der Waals surface area contributed by atoms with Crippen molar-refractivity contribution in [2.45, 2.75) is 31.1 Å². The maximum Gasteiger partial charge on any atom is 0.263 e. The molecule has 0 atom stereocenters. The molecule has 0 fully saturated rings. The van der Waals surface area contributed by atoms with Gasteiger partial charge in [0.1, 0.15) is 11.6 Å². The molecule has 1 aromatic carbocycles. The second kappa shape index (κ2) is 5.64. The van der Waals surface area contributed by atoms with Gasteiger partial charge in [0, 0.05) is 18.5 Å². The SMILES string of the molecule is COc1ccc(S(=O)(=O)Nc2cc(C(C)(C)C)nn2C)cc1. The number of aromatic nitrogens is 2. The Balaban J connectivity index is 2.30. The molecule has 6 nitrogen and oxygen atoms in total. The third-order valence-electron chi connectivity index (χ3n) is 3.26. The van der Waals surface area contributed by atoms with E-state index in [0.717, 1.165) is 5.69 Å². The molecule has 0 aliphatic heterocycles. The average molecular weight is 323 g/mol. The first kappa shape index (κ1) is 16.4. The van der Waals surface area contributed by atoms with Crippen LogP contribution in [0.4, 0.5) is 5.82 Å². The van der Waals surface area contributed by atoms with Gasteiger partial charge in [-0.1, -0.05) is 20.8 Å². The summed E-state index contributed by atoms with van der Waals surface area (Å²) in [4.78, 5) is 0.173. The molecular formula is C15H21N3O3S. The number of anilines is 1. The normalized spacial score (nSPS) is 12.2. The zero-order valence-electron chi connectivity index (χ0n) is 13.4. The number of sulfonamides is 1. The van der Waals surface area contributed by atoms with Crippen molar-refractivity contribution >= 4 is 15.8 Å². The van der Waals surface area contributed by atoms with E-state index in [1.165, 1.54) is 23.9 Å². The molecule has 0 spiro atoms. The van der Waals surface area contributed by atoms with E-state index in [9.17, 15) is 8.42 Å². The number of benzene rings is 1. The Morgan fingerprint density at radius 1 is 1.18 bits per heavy atom. The summed E-state index contributed by atoms with van der Waals surface area (Å²) in [6, 6.07) is 7.97. The van der Waals surface area contributed by atoms with E-state index >= 15 is 0 Å². The lowest BCUT2D eigenvalue weighted by Gasteiger charge is -2.13. The van der Waals surface area contributed by atoms with Crippen LogP contribution in [0.2, 0.25) is 0 Å². The van der Waals surface area contributed by atoms with Gasteiger partial charge in [-0.25, -0.2) is 8.42 Å². The Morgan fingerprint density at radius 3 is 2.23 bits per heavy atom. The van der Waals surface area contributed by atoms with Gasteiger partial charge in [0.15, 0.2) is 0 Å². The van der Waals surface area contributed by atoms with Crippen LogP contribution < -0.4 is 9.46 Å². The van der Waals surface area contributed by atoms with Crippen LogP contribution in [0.25, 0.3) is 0 Å². The Kier molecular flexibility index (Phi) is 4.19. The van der Waals surface area contributed by atoms with Crippen LogP contribution in [-0.4, -0.2) is 25.3 Å². The molecule has 22 heavy (non-hydrogen) atoms. The van der Waals surface area contributed by atoms with Crippen LogP contribution in [0.15, 0.2) is 35.2 Å². The van der Waals surface area contributed by atoms with Crippen molar-refractivity contribution in [3.05, 3.63) is 36.0 Å². The van der Waals surface area contributed by atoms with Crippen molar-refractivity contribution in [3.8, 4) is 5.75 Å². The molecule has 0 radical (unpaired) electrons. The van der Waals surface area contributed by atoms with Crippen molar-refractivity contribution in [2.75, 3.05) is 11.8 Å². The summed E-state index contributed by atoms with van der Waals surface area (Å²) in [7, 11) is -0.417. The first-order valence-electron chi connectivity index (χ1n) is 6.85. The number of rotatable bonds is 4. The summed E-state index contributed by atoms with van der Waals surface area (Å²) in [6.07, 6.45) is 0. The lowest BCUT2D eigenvalue weighted by Crippen LogP contribution is -2.15. The van der Waals surface area contributed by atoms with E-state index in [0.29, 0.717) is 11.6 Å². The van der Waals surface area contributed by atoms with Crippen LogP contribution in [0, 0.1) is 0 Å². The number of nitrogens with one attached hydrogen (secondary N) is 1. The van der Waals surface area contributed by atoms with Gasteiger partial charge in [0.25, 0.3) is 10.0 Å². The third-order valence-corrected chi connectivity index (χ3v) is 4.63. The number of aryl methyl sites for hydroxylation is 1. The summed E-state index contributed by atoms with van der Waals surface area (Å²) in [5.74, 6) is 1.04. The molecule has 1 aromatic heterocycles. The first-order valence-corrected chi connectivity index (χ1v) is 8.33. The molecule has 1 heterocycles. The highest BCUT2D eigenvalue weighted by Gasteiger charge is 2.22. The van der Waals surface area contributed by atoms with Gasteiger partial charge in [-0.2, -0.15) is 5.10 Å². The molecule has 0 amide bonds. The van der Waals surface area contributed by atoms with Gasteiger partial charge in [-0.3, -0.25) is 9.40 Å². The second-order valence-electron chi connectivity index (χ2n) is 6.07. The third kappa shape index (κ3) is 3.41. The molecule has 1 N–H and O–H groups in total.